The summed E-state index contributed by atoms with van der Waals surface area (Å²) < 4.78 is 0. The van der Waals surface area contributed by atoms with Gasteiger partial charge < -0.3 is 15.3 Å². The van der Waals surface area contributed by atoms with Crippen molar-refractivity contribution in [2.45, 2.75) is 52.5 Å². The molecule has 1 fully saturated rings. The van der Waals surface area contributed by atoms with Crippen LogP contribution in [0.2, 0.25) is 0 Å². The standard InChI is InChI=1S/C14H26N2O3/c1-10(2)7-9-16(12-4-5-12)14(19)15-8-6-11(3)13(17)18/h10-12H,4-9H2,1-3H3,(H,15,19)(H,17,18). The number of nitrogens with one attached hydrogen (secondary N) is 1. The lowest BCUT2D eigenvalue weighted by atomic mass is 10.1. The Morgan fingerprint density at radius 3 is 2.37 bits per heavy atom. The number of carbonyl (C=O) groups excluding carboxylic acids is 1. The fourth-order valence-electron chi connectivity index (χ4n) is 1.85. The van der Waals surface area contributed by atoms with Crippen molar-refractivity contribution in [1.82, 2.24) is 10.2 Å². The van der Waals surface area contributed by atoms with Gasteiger partial charge in [-0.25, -0.2) is 4.79 Å². The van der Waals surface area contributed by atoms with E-state index in [-0.39, 0.29) is 6.03 Å². The molecular weight excluding hydrogens is 244 g/mol. The molecule has 0 aromatic carbocycles. The maximum absolute atomic E-state index is 12.1. The van der Waals surface area contributed by atoms with Crippen LogP contribution < -0.4 is 5.32 Å². The summed E-state index contributed by atoms with van der Waals surface area (Å²) in [4.78, 5) is 24.6. The Morgan fingerprint density at radius 1 is 1.26 bits per heavy atom. The lowest BCUT2D eigenvalue weighted by Gasteiger charge is -2.24. The van der Waals surface area contributed by atoms with Gasteiger partial charge in [0.15, 0.2) is 0 Å². The molecule has 1 saturated carbocycles. The van der Waals surface area contributed by atoms with E-state index in [9.17, 15) is 9.59 Å². The molecule has 19 heavy (non-hydrogen) atoms. The number of carboxylic acids is 1. The summed E-state index contributed by atoms with van der Waals surface area (Å²) >= 11 is 0. The summed E-state index contributed by atoms with van der Waals surface area (Å²) in [7, 11) is 0. The van der Waals surface area contributed by atoms with Gasteiger partial charge in [0.25, 0.3) is 0 Å². The largest absolute Gasteiger partial charge is 0.481 e. The second kappa shape index (κ2) is 7.36. The Balaban J connectivity index is 2.30. The average molecular weight is 270 g/mol. The van der Waals surface area contributed by atoms with E-state index in [0.717, 1.165) is 25.8 Å². The lowest BCUT2D eigenvalue weighted by Crippen LogP contribution is -2.43. The molecule has 0 aromatic rings. The first-order valence-corrected chi connectivity index (χ1v) is 7.19. The van der Waals surface area contributed by atoms with Crippen LogP contribution in [0.25, 0.3) is 0 Å². The molecule has 1 aliphatic rings. The van der Waals surface area contributed by atoms with E-state index in [4.69, 9.17) is 5.11 Å². The molecule has 2 amide bonds. The third-order valence-electron chi connectivity index (χ3n) is 3.47. The molecule has 5 nitrogen and oxygen atoms in total. The lowest BCUT2D eigenvalue weighted by molar-refractivity contribution is -0.141. The van der Waals surface area contributed by atoms with Crippen molar-refractivity contribution in [1.29, 1.82) is 0 Å². The van der Waals surface area contributed by atoms with Crippen LogP contribution in [0.5, 0.6) is 0 Å². The van der Waals surface area contributed by atoms with Gasteiger partial charge in [0.05, 0.1) is 5.92 Å². The van der Waals surface area contributed by atoms with E-state index >= 15 is 0 Å². The number of nitrogens with zero attached hydrogens (tertiary/aromatic N) is 1. The van der Waals surface area contributed by atoms with Crippen molar-refractivity contribution in [2.24, 2.45) is 11.8 Å². The normalized spacial score (nSPS) is 16.2. The maximum atomic E-state index is 12.1. The summed E-state index contributed by atoms with van der Waals surface area (Å²) in [6.07, 6.45) is 3.67. The third kappa shape index (κ3) is 5.94. The molecule has 1 aliphatic carbocycles. The van der Waals surface area contributed by atoms with E-state index in [1.165, 1.54) is 0 Å². The minimum atomic E-state index is -0.812. The van der Waals surface area contributed by atoms with Crippen molar-refractivity contribution in [2.75, 3.05) is 13.1 Å². The quantitative estimate of drug-likeness (QED) is 0.711. The average Bonchev–Trinajstić information content (AvgIpc) is 3.13. The van der Waals surface area contributed by atoms with E-state index in [1.54, 1.807) is 6.92 Å². The molecule has 1 rings (SSSR count). The number of carboxylic acid groups (broad SMARTS) is 1. The minimum Gasteiger partial charge on any atom is -0.481 e. The molecule has 5 heteroatoms. The van der Waals surface area contributed by atoms with Gasteiger partial charge in [-0.15, -0.1) is 0 Å². The van der Waals surface area contributed by atoms with Crippen LogP contribution in [0.1, 0.15) is 46.5 Å². The van der Waals surface area contributed by atoms with E-state index in [0.29, 0.717) is 24.9 Å². The first-order chi connectivity index (χ1) is 8.91. The second-order valence-corrected chi connectivity index (χ2v) is 5.87. The number of amides is 2. The smallest absolute Gasteiger partial charge is 0.317 e. The summed E-state index contributed by atoms with van der Waals surface area (Å²) in [5.74, 6) is -0.639. The Kier molecular flexibility index (Phi) is 6.12. The van der Waals surface area contributed by atoms with Gasteiger partial charge in [-0.1, -0.05) is 20.8 Å². The van der Waals surface area contributed by atoms with Gasteiger partial charge in [-0.2, -0.15) is 0 Å². The van der Waals surface area contributed by atoms with Crippen LogP contribution in [-0.4, -0.2) is 41.1 Å². The van der Waals surface area contributed by atoms with Gasteiger partial charge in [-0.3, -0.25) is 4.79 Å². The number of aliphatic carboxylic acids is 1. The highest BCUT2D eigenvalue weighted by Crippen LogP contribution is 2.27. The predicted molar refractivity (Wildman–Crippen MR) is 74.0 cm³/mol. The Hall–Kier alpha value is -1.26. The van der Waals surface area contributed by atoms with Gasteiger partial charge >= 0.3 is 12.0 Å². The second-order valence-electron chi connectivity index (χ2n) is 5.87. The number of urea groups is 1. The SMILES string of the molecule is CC(C)CCN(C(=O)NCCC(C)C(=O)O)C1CC1. The fraction of sp³-hybridized carbons (Fsp3) is 0.857. The number of hydrogen-bond acceptors (Lipinski definition) is 2. The van der Waals surface area contributed by atoms with Crippen molar-refractivity contribution < 1.29 is 14.7 Å². The van der Waals surface area contributed by atoms with Gasteiger partial charge in [0.1, 0.15) is 0 Å². The molecule has 110 valence electrons. The highest BCUT2D eigenvalue weighted by Gasteiger charge is 2.32. The molecule has 0 aromatic heterocycles. The van der Waals surface area contributed by atoms with E-state index < -0.39 is 11.9 Å². The Labute approximate surface area is 115 Å². The van der Waals surface area contributed by atoms with Crippen molar-refractivity contribution in [3.63, 3.8) is 0 Å². The third-order valence-corrected chi connectivity index (χ3v) is 3.47. The highest BCUT2D eigenvalue weighted by atomic mass is 16.4. The zero-order chi connectivity index (χ0) is 14.4. The molecule has 1 unspecified atom stereocenters. The van der Waals surface area contributed by atoms with Crippen LogP contribution >= 0.6 is 0 Å². The molecule has 2 N–H and O–H groups in total. The van der Waals surface area contributed by atoms with Crippen molar-refractivity contribution in [3.05, 3.63) is 0 Å². The Morgan fingerprint density at radius 2 is 1.89 bits per heavy atom. The molecule has 0 spiro atoms. The van der Waals surface area contributed by atoms with Gasteiger partial charge in [0, 0.05) is 19.1 Å². The van der Waals surface area contributed by atoms with Crippen LogP contribution in [0.4, 0.5) is 4.79 Å². The van der Waals surface area contributed by atoms with Crippen LogP contribution in [0, 0.1) is 11.8 Å². The summed E-state index contributed by atoms with van der Waals surface area (Å²) in [5, 5.41) is 11.6. The Bertz CT molecular complexity index is 314. The monoisotopic (exact) mass is 270 g/mol. The molecule has 0 saturated heterocycles. The first kappa shape index (κ1) is 15.8. The summed E-state index contributed by atoms with van der Waals surface area (Å²) in [6.45, 7) is 7.18. The summed E-state index contributed by atoms with van der Waals surface area (Å²) in [6, 6.07) is 0.358. The molecule has 0 bridgehead atoms. The molecule has 0 radical (unpaired) electrons. The van der Waals surface area contributed by atoms with Gasteiger partial charge in [0.2, 0.25) is 0 Å². The predicted octanol–water partition coefficient (Wildman–Crippen LogP) is 2.32. The van der Waals surface area contributed by atoms with Crippen LogP contribution in [0.3, 0.4) is 0 Å². The van der Waals surface area contributed by atoms with E-state index in [2.05, 4.69) is 19.2 Å². The molecule has 0 aliphatic heterocycles. The maximum Gasteiger partial charge on any atom is 0.317 e. The molecular formula is C14H26N2O3. The first-order valence-electron chi connectivity index (χ1n) is 7.19. The zero-order valence-electron chi connectivity index (χ0n) is 12.2. The fourth-order valence-corrected chi connectivity index (χ4v) is 1.85. The summed E-state index contributed by atoms with van der Waals surface area (Å²) in [5.41, 5.74) is 0. The highest BCUT2D eigenvalue weighted by molar-refractivity contribution is 5.75. The van der Waals surface area contributed by atoms with Crippen molar-refractivity contribution >= 4 is 12.0 Å². The number of carbonyl (C=O) groups is 2. The minimum absolute atomic E-state index is 0.0410. The molecule has 1 atom stereocenters. The zero-order valence-corrected chi connectivity index (χ0v) is 12.2. The number of hydrogen-bond donors (Lipinski definition) is 2. The topological polar surface area (TPSA) is 69.6 Å². The van der Waals surface area contributed by atoms with Gasteiger partial charge in [-0.05, 0) is 31.6 Å². The molecule has 0 heterocycles. The van der Waals surface area contributed by atoms with Crippen LogP contribution in [0.15, 0.2) is 0 Å². The van der Waals surface area contributed by atoms with E-state index in [1.807, 2.05) is 4.90 Å². The van der Waals surface area contributed by atoms with Crippen molar-refractivity contribution in [3.8, 4) is 0 Å². The van der Waals surface area contributed by atoms with Crippen LogP contribution in [-0.2, 0) is 4.79 Å². The number of rotatable bonds is 8.